The minimum absolute atomic E-state index is 0.0474. The van der Waals surface area contributed by atoms with Crippen molar-refractivity contribution >= 4 is 11.8 Å². The molecule has 3 aliphatic rings. The van der Waals surface area contributed by atoms with E-state index >= 15 is 0 Å². The lowest BCUT2D eigenvalue weighted by Gasteiger charge is -2.47. The zero-order valence-electron chi connectivity index (χ0n) is 17.4. The Morgan fingerprint density at radius 3 is 2.54 bits per heavy atom. The van der Waals surface area contributed by atoms with Crippen molar-refractivity contribution in [2.75, 3.05) is 23.4 Å². The van der Waals surface area contributed by atoms with E-state index in [1.54, 1.807) is 0 Å². The second-order valence-electron chi connectivity index (χ2n) is 8.88. The molecule has 5 heteroatoms. The fourth-order valence-electron chi connectivity index (χ4n) is 4.54. The number of aliphatic hydroxyl groups excluding tert-OH is 1. The molecule has 0 spiro atoms. The van der Waals surface area contributed by atoms with Crippen LogP contribution in [0, 0.1) is 5.92 Å². The van der Waals surface area contributed by atoms with Gasteiger partial charge in [-0.15, -0.1) is 0 Å². The van der Waals surface area contributed by atoms with Crippen molar-refractivity contribution in [3.05, 3.63) is 47.2 Å². The number of anilines is 2. The van der Waals surface area contributed by atoms with Crippen LogP contribution in [0.2, 0.25) is 0 Å². The average molecular weight is 381 g/mol. The van der Waals surface area contributed by atoms with Gasteiger partial charge in [0.15, 0.2) is 0 Å². The number of fused-ring (bicyclic) bond motifs is 2. The smallest absolute Gasteiger partial charge is 0.225 e. The second kappa shape index (κ2) is 7.70. The van der Waals surface area contributed by atoms with E-state index in [0.717, 1.165) is 18.1 Å². The molecule has 1 aromatic carbocycles. The first-order valence-electron chi connectivity index (χ1n) is 10.6. The highest BCUT2D eigenvalue weighted by Crippen LogP contribution is 2.48. The average Bonchev–Trinajstić information content (AvgIpc) is 2.72. The van der Waals surface area contributed by atoms with Crippen LogP contribution in [-0.2, 0) is 0 Å². The summed E-state index contributed by atoms with van der Waals surface area (Å²) in [6.07, 6.45) is 2.43. The normalized spacial score (nSPS) is 21.9. The maximum absolute atomic E-state index is 9.72. The number of nitrogens with zero attached hydrogens (tertiary/aromatic N) is 3. The summed E-state index contributed by atoms with van der Waals surface area (Å²) in [5.74, 6) is 2.84. The van der Waals surface area contributed by atoms with Gasteiger partial charge in [0.2, 0.25) is 5.95 Å². The fraction of sp³-hybridized carbons (Fsp3) is 0.565. The number of nitrogens with one attached hydrogen (secondary N) is 1. The lowest BCUT2D eigenvalue weighted by molar-refractivity contribution is 0.248. The van der Waals surface area contributed by atoms with Gasteiger partial charge in [0.05, 0.1) is 24.4 Å². The maximum Gasteiger partial charge on any atom is 0.225 e. The van der Waals surface area contributed by atoms with E-state index in [1.807, 2.05) is 0 Å². The number of benzene rings is 1. The molecule has 1 aliphatic carbocycles. The molecule has 0 unspecified atom stereocenters. The monoisotopic (exact) mass is 380 g/mol. The van der Waals surface area contributed by atoms with E-state index in [2.05, 4.69) is 68.2 Å². The molecule has 0 amide bonds. The molecule has 0 radical (unpaired) electrons. The number of piperidine rings is 1. The van der Waals surface area contributed by atoms with Gasteiger partial charge in [-0.05, 0) is 35.8 Å². The van der Waals surface area contributed by atoms with Crippen LogP contribution >= 0.6 is 0 Å². The molecular weight excluding hydrogens is 348 g/mol. The van der Waals surface area contributed by atoms with Gasteiger partial charge < -0.3 is 15.3 Å². The third-order valence-electron chi connectivity index (χ3n) is 6.31. The van der Waals surface area contributed by atoms with Gasteiger partial charge >= 0.3 is 0 Å². The number of rotatable bonds is 6. The Morgan fingerprint density at radius 2 is 1.86 bits per heavy atom. The van der Waals surface area contributed by atoms with Gasteiger partial charge in [0.25, 0.3) is 0 Å². The van der Waals surface area contributed by atoms with E-state index < -0.39 is 0 Å². The molecular formula is C23H32N4O. The molecule has 1 aromatic heterocycles. The molecule has 28 heavy (non-hydrogen) atoms. The van der Waals surface area contributed by atoms with Crippen LogP contribution in [0.5, 0.6) is 0 Å². The summed E-state index contributed by atoms with van der Waals surface area (Å²) in [4.78, 5) is 12.1. The van der Waals surface area contributed by atoms with Gasteiger partial charge in [-0.3, -0.25) is 0 Å². The third kappa shape index (κ3) is 3.48. The minimum Gasteiger partial charge on any atom is -0.394 e. The van der Waals surface area contributed by atoms with E-state index in [9.17, 15) is 5.11 Å². The van der Waals surface area contributed by atoms with Crippen molar-refractivity contribution in [2.45, 2.75) is 64.5 Å². The van der Waals surface area contributed by atoms with Crippen LogP contribution in [0.1, 0.15) is 75.2 Å². The molecule has 3 heterocycles. The summed E-state index contributed by atoms with van der Waals surface area (Å²) in [5, 5.41) is 13.1. The molecule has 2 aromatic rings. The molecule has 1 saturated heterocycles. The van der Waals surface area contributed by atoms with Crippen LogP contribution in [0.3, 0.4) is 0 Å². The van der Waals surface area contributed by atoms with Crippen molar-refractivity contribution in [3.8, 4) is 0 Å². The zero-order chi connectivity index (χ0) is 19.8. The predicted molar refractivity (Wildman–Crippen MR) is 114 cm³/mol. The highest BCUT2D eigenvalue weighted by molar-refractivity contribution is 5.53. The SMILES string of the molecule is CC(C)c1cc(N2C[C@H]3CC[C@H]2c2ccccc23)nc(N[C@H](CO)C(C)C)n1. The second-order valence-corrected chi connectivity index (χ2v) is 8.88. The van der Waals surface area contributed by atoms with Crippen LogP contribution in [-0.4, -0.2) is 34.3 Å². The summed E-state index contributed by atoms with van der Waals surface area (Å²) < 4.78 is 0. The summed E-state index contributed by atoms with van der Waals surface area (Å²) in [5.41, 5.74) is 4.02. The van der Waals surface area contributed by atoms with Gasteiger partial charge in [0.1, 0.15) is 5.82 Å². The van der Waals surface area contributed by atoms with Crippen LogP contribution in [0.4, 0.5) is 11.8 Å². The molecule has 150 valence electrons. The first kappa shape index (κ1) is 19.2. The molecule has 3 atom stereocenters. The highest BCUT2D eigenvalue weighted by atomic mass is 16.3. The Morgan fingerprint density at radius 1 is 1.11 bits per heavy atom. The van der Waals surface area contributed by atoms with E-state index in [-0.39, 0.29) is 12.6 Å². The van der Waals surface area contributed by atoms with Crippen molar-refractivity contribution < 1.29 is 5.11 Å². The predicted octanol–water partition coefficient (Wildman–Crippen LogP) is 4.47. The topological polar surface area (TPSA) is 61.3 Å². The summed E-state index contributed by atoms with van der Waals surface area (Å²) in [6.45, 7) is 9.62. The quantitative estimate of drug-likeness (QED) is 0.774. The van der Waals surface area contributed by atoms with Gasteiger partial charge in [-0.1, -0.05) is 52.0 Å². The van der Waals surface area contributed by atoms with Gasteiger partial charge in [0, 0.05) is 18.5 Å². The summed E-state index contributed by atoms with van der Waals surface area (Å²) in [6, 6.07) is 11.4. The van der Waals surface area contributed by atoms with Crippen molar-refractivity contribution in [1.82, 2.24) is 9.97 Å². The largest absolute Gasteiger partial charge is 0.394 e. The Labute approximate surface area is 168 Å². The van der Waals surface area contributed by atoms with Crippen LogP contribution < -0.4 is 10.2 Å². The molecule has 2 bridgehead atoms. The lowest BCUT2D eigenvalue weighted by Crippen LogP contribution is -2.43. The Bertz CT molecular complexity index is 835. The van der Waals surface area contributed by atoms with E-state index in [1.165, 1.54) is 24.0 Å². The van der Waals surface area contributed by atoms with Gasteiger partial charge in [-0.2, -0.15) is 4.98 Å². The molecule has 5 rings (SSSR count). The Hall–Kier alpha value is -2.14. The number of aromatic nitrogens is 2. The molecule has 0 saturated carbocycles. The van der Waals surface area contributed by atoms with E-state index in [4.69, 9.17) is 9.97 Å². The first-order chi connectivity index (χ1) is 13.5. The maximum atomic E-state index is 9.72. The molecule has 5 nitrogen and oxygen atoms in total. The fourth-order valence-corrected chi connectivity index (χ4v) is 4.54. The number of hydrogen-bond donors (Lipinski definition) is 2. The first-order valence-corrected chi connectivity index (χ1v) is 10.6. The molecule has 2 N–H and O–H groups in total. The third-order valence-corrected chi connectivity index (χ3v) is 6.31. The van der Waals surface area contributed by atoms with Crippen molar-refractivity contribution in [2.24, 2.45) is 5.92 Å². The Balaban J connectivity index is 1.70. The van der Waals surface area contributed by atoms with Crippen LogP contribution in [0.15, 0.2) is 30.3 Å². The number of aliphatic hydroxyl groups is 1. The highest BCUT2D eigenvalue weighted by Gasteiger charge is 2.38. The van der Waals surface area contributed by atoms with Crippen LogP contribution in [0.25, 0.3) is 0 Å². The van der Waals surface area contributed by atoms with E-state index in [0.29, 0.717) is 29.7 Å². The van der Waals surface area contributed by atoms with Crippen molar-refractivity contribution in [3.63, 3.8) is 0 Å². The summed E-state index contributed by atoms with van der Waals surface area (Å²) >= 11 is 0. The lowest BCUT2D eigenvalue weighted by atomic mass is 9.75. The number of hydrogen-bond acceptors (Lipinski definition) is 5. The van der Waals surface area contributed by atoms with Crippen molar-refractivity contribution in [1.29, 1.82) is 0 Å². The standard InChI is InChI=1S/C23H32N4O/c1-14(2)19-11-22(26-23(24-19)25-20(13-28)15(3)4)27-12-16-9-10-21(27)18-8-6-5-7-17(16)18/h5-8,11,14-16,20-21,28H,9-10,12-13H2,1-4H3,(H,24,25,26)/t16-,20-,21+/m1/s1. The molecule has 2 aliphatic heterocycles. The Kier molecular flexibility index (Phi) is 5.28. The molecule has 1 fully saturated rings. The zero-order valence-corrected chi connectivity index (χ0v) is 17.4. The van der Waals surface area contributed by atoms with Gasteiger partial charge in [-0.25, -0.2) is 4.98 Å². The minimum atomic E-state index is -0.0474. The summed E-state index contributed by atoms with van der Waals surface area (Å²) in [7, 11) is 0.